The van der Waals surface area contributed by atoms with Crippen molar-refractivity contribution in [1.82, 2.24) is 4.90 Å². The van der Waals surface area contributed by atoms with Crippen LogP contribution >= 0.6 is 0 Å². The largest absolute Gasteiger partial charge is 0.299 e. The minimum Gasteiger partial charge on any atom is -0.299 e. The van der Waals surface area contributed by atoms with E-state index in [1.807, 2.05) is 0 Å². The summed E-state index contributed by atoms with van der Waals surface area (Å²) in [6, 6.07) is 0. The molecule has 11 heavy (non-hydrogen) atoms. The van der Waals surface area contributed by atoms with E-state index in [2.05, 4.69) is 24.8 Å². The van der Waals surface area contributed by atoms with Gasteiger partial charge in [-0.25, -0.2) is 0 Å². The first kappa shape index (κ1) is 8.79. The molecule has 0 N–H and O–H groups in total. The van der Waals surface area contributed by atoms with Crippen molar-refractivity contribution in [2.75, 3.05) is 19.6 Å². The van der Waals surface area contributed by atoms with Gasteiger partial charge in [0, 0.05) is 6.54 Å². The maximum Gasteiger partial charge on any atom is 0.0190 e. The lowest BCUT2D eigenvalue weighted by Crippen LogP contribution is -2.20. The zero-order chi connectivity index (χ0) is 8.10. The first-order chi connectivity index (χ1) is 5.33. The van der Waals surface area contributed by atoms with Crippen molar-refractivity contribution in [2.24, 2.45) is 0 Å². The average molecular weight is 153 g/mol. The van der Waals surface area contributed by atoms with Crippen molar-refractivity contribution in [3.05, 3.63) is 11.6 Å². The Morgan fingerprint density at radius 1 is 1.36 bits per heavy atom. The van der Waals surface area contributed by atoms with E-state index < -0.39 is 0 Å². The Balaban J connectivity index is 2.23. The van der Waals surface area contributed by atoms with Gasteiger partial charge in [-0.1, -0.05) is 18.6 Å². The molecule has 0 aliphatic carbocycles. The van der Waals surface area contributed by atoms with E-state index in [-0.39, 0.29) is 0 Å². The predicted molar refractivity (Wildman–Crippen MR) is 49.7 cm³/mol. The van der Waals surface area contributed by atoms with Crippen LogP contribution in [-0.2, 0) is 0 Å². The fourth-order valence-electron chi connectivity index (χ4n) is 1.71. The zero-order valence-electron chi connectivity index (χ0n) is 7.77. The van der Waals surface area contributed by atoms with Crippen molar-refractivity contribution in [3.63, 3.8) is 0 Å². The molecule has 0 bridgehead atoms. The summed E-state index contributed by atoms with van der Waals surface area (Å²) in [5, 5.41) is 0. The molecule has 1 saturated heterocycles. The molecule has 64 valence electrons. The Morgan fingerprint density at radius 3 is 2.55 bits per heavy atom. The molecule has 0 aromatic carbocycles. The van der Waals surface area contributed by atoms with Crippen LogP contribution in [0.1, 0.15) is 33.1 Å². The summed E-state index contributed by atoms with van der Waals surface area (Å²) in [6.45, 7) is 8.27. The van der Waals surface area contributed by atoms with Gasteiger partial charge < -0.3 is 0 Å². The molecule has 1 fully saturated rings. The van der Waals surface area contributed by atoms with Crippen molar-refractivity contribution < 1.29 is 0 Å². The average Bonchev–Trinajstić information content (AvgIpc) is 2.40. The quantitative estimate of drug-likeness (QED) is 0.563. The molecular weight excluding hydrogens is 134 g/mol. The van der Waals surface area contributed by atoms with E-state index in [1.54, 1.807) is 0 Å². The van der Waals surface area contributed by atoms with Gasteiger partial charge in [0.1, 0.15) is 0 Å². The highest BCUT2D eigenvalue weighted by molar-refractivity contribution is 5.00. The maximum atomic E-state index is 2.54. The topological polar surface area (TPSA) is 3.24 Å². The molecule has 1 aliphatic heterocycles. The predicted octanol–water partition coefficient (Wildman–Crippen LogP) is 2.44. The van der Waals surface area contributed by atoms with Crippen molar-refractivity contribution in [3.8, 4) is 0 Å². The molecule has 1 heterocycles. The fourth-order valence-corrected chi connectivity index (χ4v) is 1.71. The molecule has 0 unspecified atom stereocenters. The maximum absolute atomic E-state index is 2.54. The van der Waals surface area contributed by atoms with Crippen molar-refractivity contribution in [1.29, 1.82) is 0 Å². The van der Waals surface area contributed by atoms with Crippen LogP contribution in [0.25, 0.3) is 0 Å². The van der Waals surface area contributed by atoms with Crippen molar-refractivity contribution in [2.45, 2.75) is 33.1 Å². The molecule has 0 amide bonds. The smallest absolute Gasteiger partial charge is 0.0190 e. The van der Waals surface area contributed by atoms with Gasteiger partial charge in [-0.05, 0) is 39.3 Å². The lowest BCUT2D eigenvalue weighted by molar-refractivity contribution is 0.368. The number of rotatable bonds is 3. The van der Waals surface area contributed by atoms with Gasteiger partial charge in [0.15, 0.2) is 0 Å². The standard InChI is InChI=1S/C10H19N/c1-3-6-10(2)9-11-7-4-5-8-11/h6H,3-5,7-9H2,1-2H3/b10-6+. The molecule has 0 atom stereocenters. The van der Waals surface area contributed by atoms with Crippen LogP contribution in [0.4, 0.5) is 0 Å². The van der Waals surface area contributed by atoms with Gasteiger partial charge in [-0.2, -0.15) is 0 Å². The third kappa shape index (κ3) is 3.06. The van der Waals surface area contributed by atoms with Crippen LogP contribution in [0.15, 0.2) is 11.6 Å². The van der Waals surface area contributed by atoms with Gasteiger partial charge in [0.25, 0.3) is 0 Å². The normalized spacial score (nSPS) is 21.1. The molecular formula is C10H19N. The SMILES string of the molecule is CC/C=C(\C)CN1CCCC1. The van der Waals surface area contributed by atoms with Gasteiger partial charge in [0.05, 0.1) is 0 Å². The molecule has 0 saturated carbocycles. The summed E-state index contributed by atoms with van der Waals surface area (Å²) in [5.41, 5.74) is 1.54. The number of hydrogen-bond donors (Lipinski definition) is 0. The zero-order valence-corrected chi connectivity index (χ0v) is 7.77. The number of hydrogen-bond acceptors (Lipinski definition) is 1. The Morgan fingerprint density at radius 2 is 2.00 bits per heavy atom. The molecule has 0 spiro atoms. The summed E-state index contributed by atoms with van der Waals surface area (Å²) >= 11 is 0. The molecule has 0 radical (unpaired) electrons. The van der Waals surface area contributed by atoms with E-state index in [9.17, 15) is 0 Å². The third-order valence-corrected chi connectivity index (χ3v) is 2.22. The highest BCUT2D eigenvalue weighted by atomic mass is 15.1. The Hall–Kier alpha value is -0.300. The van der Waals surface area contributed by atoms with Crippen LogP contribution < -0.4 is 0 Å². The Kier molecular flexibility index (Phi) is 3.64. The van der Waals surface area contributed by atoms with Gasteiger partial charge in [0.2, 0.25) is 0 Å². The van der Waals surface area contributed by atoms with Crippen LogP contribution in [-0.4, -0.2) is 24.5 Å². The Labute approximate surface area is 70.1 Å². The minimum absolute atomic E-state index is 1.18. The second kappa shape index (κ2) is 4.55. The fraction of sp³-hybridized carbons (Fsp3) is 0.800. The second-order valence-corrected chi connectivity index (χ2v) is 3.44. The Bertz CT molecular complexity index is 132. The summed E-state index contributed by atoms with van der Waals surface area (Å²) in [7, 11) is 0. The molecule has 1 nitrogen and oxygen atoms in total. The number of nitrogens with zero attached hydrogens (tertiary/aromatic N) is 1. The van der Waals surface area contributed by atoms with Crippen LogP contribution in [0, 0.1) is 0 Å². The van der Waals surface area contributed by atoms with Gasteiger partial charge >= 0.3 is 0 Å². The van der Waals surface area contributed by atoms with E-state index in [0.717, 1.165) is 0 Å². The number of likely N-dealkylation sites (tertiary alicyclic amines) is 1. The molecule has 1 aliphatic rings. The third-order valence-electron chi connectivity index (χ3n) is 2.22. The van der Waals surface area contributed by atoms with Gasteiger partial charge in [-0.3, -0.25) is 4.90 Å². The van der Waals surface area contributed by atoms with Crippen LogP contribution in [0.5, 0.6) is 0 Å². The first-order valence-electron chi connectivity index (χ1n) is 4.71. The summed E-state index contributed by atoms with van der Waals surface area (Å²) in [4.78, 5) is 2.54. The van der Waals surface area contributed by atoms with E-state index >= 15 is 0 Å². The molecule has 1 heteroatoms. The lowest BCUT2D eigenvalue weighted by atomic mass is 10.2. The summed E-state index contributed by atoms with van der Waals surface area (Å²) in [6.07, 6.45) is 6.32. The van der Waals surface area contributed by atoms with E-state index in [4.69, 9.17) is 0 Å². The minimum atomic E-state index is 1.18. The van der Waals surface area contributed by atoms with Crippen LogP contribution in [0.2, 0.25) is 0 Å². The monoisotopic (exact) mass is 153 g/mol. The number of allylic oxidation sites excluding steroid dienone is 1. The molecule has 0 aromatic heterocycles. The highest BCUT2D eigenvalue weighted by Gasteiger charge is 2.10. The van der Waals surface area contributed by atoms with E-state index in [0.29, 0.717) is 0 Å². The van der Waals surface area contributed by atoms with Crippen molar-refractivity contribution >= 4 is 0 Å². The summed E-state index contributed by atoms with van der Waals surface area (Å²) in [5.74, 6) is 0. The summed E-state index contributed by atoms with van der Waals surface area (Å²) < 4.78 is 0. The first-order valence-corrected chi connectivity index (χ1v) is 4.71. The van der Waals surface area contributed by atoms with Crippen LogP contribution in [0.3, 0.4) is 0 Å². The second-order valence-electron chi connectivity index (χ2n) is 3.44. The lowest BCUT2D eigenvalue weighted by Gasteiger charge is -2.14. The molecule has 1 rings (SSSR count). The highest BCUT2D eigenvalue weighted by Crippen LogP contribution is 2.09. The molecule has 0 aromatic rings. The van der Waals surface area contributed by atoms with Gasteiger partial charge in [-0.15, -0.1) is 0 Å². The van der Waals surface area contributed by atoms with E-state index in [1.165, 1.54) is 44.5 Å².